The van der Waals surface area contributed by atoms with Crippen LogP contribution in [0.3, 0.4) is 0 Å². The lowest BCUT2D eigenvalue weighted by atomic mass is 9.97. The zero-order valence-corrected chi connectivity index (χ0v) is 20.5. The van der Waals surface area contributed by atoms with Crippen molar-refractivity contribution < 1.29 is 0 Å². The minimum absolute atomic E-state index is 0.777. The smallest absolute Gasteiger partial charge is 0.0998 e. The molecule has 2 saturated heterocycles. The SMILES string of the molecule is CCCN1CCN(Cc2ccc(-c3ccc(CN4CCCN(C)CC4)cc3C#N)cc2)CC1. The number of hydrogen-bond donors (Lipinski definition) is 0. The molecule has 2 aromatic rings. The molecular weight excluding hydrogens is 406 g/mol. The van der Waals surface area contributed by atoms with Crippen LogP contribution in [0.15, 0.2) is 42.5 Å². The first kappa shape index (κ1) is 23.9. The molecule has 0 bridgehead atoms. The van der Waals surface area contributed by atoms with Crippen molar-refractivity contribution in [3.63, 3.8) is 0 Å². The Labute approximate surface area is 200 Å². The lowest BCUT2D eigenvalue weighted by molar-refractivity contribution is 0.127. The molecule has 2 fully saturated rings. The van der Waals surface area contributed by atoms with E-state index in [1.165, 1.54) is 50.1 Å². The monoisotopic (exact) mass is 445 g/mol. The molecule has 33 heavy (non-hydrogen) atoms. The van der Waals surface area contributed by atoms with Gasteiger partial charge in [-0.25, -0.2) is 0 Å². The summed E-state index contributed by atoms with van der Waals surface area (Å²) in [5.74, 6) is 0. The van der Waals surface area contributed by atoms with Gasteiger partial charge in [0, 0.05) is 52.4 Å². The second-order valence-electron chi connectivity index (χ2n) is 9.74. The van der Waals surface area contributed by atoms with Crippen LogP contribution in [-0.4, -0.2) is 85.6 Å². The average Bonchev–Trinajstić information content (AvgIpc) is 3.05. The fourth-order valence-electron chi connectivity index (χ4n) is 5.09. The first-order chi connectivity index (χ1) is 16.1. The molecule has 2 aromatic carbocycles. The van der Waals surface area contributed by atoms with E-state index in [1.54, 1.807) is 0 Å². The van der Waals surface area contributed by atoms with E-state index in [2.05, 4.69) is 82.1 Å². The minimum atomic E-state index is 0.777. The van der Waals surface area contributed by atoms with Gasteiger partial charge in [-0.1, -0.05) is 43.3 Å². The van der Waals surface area contributed by atoms with Gasteiger partial charge in [0.2, 0.25) is 0 Å². The van der Waals surface area contributed by atoms with Gasteiger partial charge >= 0.3 is 0 Å². The zero-order chi connectivity index (χ0) is 23.0. The highest BCUT2D eigenvalue weighted by Gasteiger charge is 2.17. The summed E-state index contributed by atoms with van der Waals surface area (Å²) in [5, 5.41) is 9.84. The molecule has 0 aromatic heterocycles. The fraction of sp³-hybridized carbons (Fsp3) is 0.536. The van der Waals surface area contributed by atoms with Crippen LogP contribution in [0.5, 0.6) is 0 Å². The molecule has 176 valence electrons. The Hall–Kier alpha value is -2.23. The van der Waals surface area contributed by atoms with Crippen molar-refractivity contribution in [3.8, 4) is 17.2 Å². The maximum absolute atomic E-state index is 9.84. The second-order valence-corrected chi connectivity index (χ2v) is 9.74. The van der Waals surface area contributed by atoms with Gasteiger partial charge in [-0.2, -0.15) is 5.26 Å². The van der Waals surface area contributed by atoms with E-state index in [0.717, 1.165) is 62.5 Å². The quantitative estimate of drug-likeness (QED) is 0.646. The highest BCUT2D eigenvalue weighted by atomic mass is 15.3. The summed E-state index contributed by atoms with van der Waals surface area (Å²) >= 11 is 0. The predicted octanol–water partition coefficient (Wildman–Crippen LogP) is 3.89. The molecule has 2 aliphatic heterocycles. The van der Waals surface area contributed by atoms with Crippen LogP contribution in [-0.2, 0) is 13.1 Å². The molecule has 0 unspecified atom stereocenters. The number of benzene rings is 2. The van der Waals surface area contributed by atoms with Crippen LogP contribution in [0.1, 0.15) is 36.5 Å². The van der Waals surface area contributed by atoms with E-state index in [1.807, 2.05) is 0 Å². The second kappa shape index (κ2) is 11.8. The summed E-state index contributed by atoms with van der Waals surface area (Å²) in [7, 11) is 2.20. The van der Waals surface area contributed by atoms with Gasteiger partial charge in [-0.15, -0.1) is 0 Å². The lowest BCUT2D eigenvalue weighted by Gasteiger charge is -2.34. The van der Waals surface area contributed by atoms with Crippen molar-refractivity contribution in [2.75, 3.05) is 66.0 Å². The van der Waals surface area contributed by atoms with Gasteiger partial charge in [0.05, 0.1) is 11.6 Å². The van der Waals surface area contributed by atoms with E-state index in [4.69, 9.17) is 0 Å². The number of hydrogen-bond acceptors (Lipinski definition) is 5. The van der Waals surface area contributed by atoms with E-state index in [0.29, 0.717) is 0 Å². The molecule has 2 aliphatic rings. The molecule has 0 N–H and O–H groups in total. The average molecular weight is 446 g/mol. The Balaban J connectivity index is 1.38. The van der Waals surface area contributed by atoms with Gasteiger partial charge in [0.1, 0.15) is 0 Å². The Kier molecular flexibility index (Phi) is 8.52. The van der Waals surface area contributed by atoms with Crippen LogP contribution in [0.2, 0.25) is 0 Å². The lowest BCUT2D eigenvalue weighted by Crippen LogP contribution is -2.45. The van der Waals surface area contributed by atoms with Crippen molar-refractivity contribution in [2.24, 2.45) is 0 Å². The Bertz CT molecular complexity index is 924. The van der Waals surface area contributed by atoms with Crippen molar-refractivity contribution in [3.05, 3.63) is 59.2 Å². The van der Waals surface area contributed by atoms with Crippen molar-refractivity contribution >= 4 is 0 Å². The van der Waals surface area contributed by atoms with Gasteiger partial charge in [0.25, 0.3) is 0 Å². The molecule has 0 radical (unpaired) electrons. The number of piperazine rings is 1. The third-order valence-electron chi connectivity index (χ3n) is 7.10. The maximum Gasteiger partial charge on any atom is 0.0998 e. The normalized spacial score (nSPS) is 19.3. The standard InChI is InChI=1S/C28H39N5/c1-3-11-31-16-18-33(19-17-31)22-24-5-8-26(9-6-24)28-10-7-25(20-27(28)21-29)23-32-13-4-12-30(2)14-15-32/h5-10,20H,3-4,11-19,22-23H2,1-2H3. The fourth-order valence-corrected chi connectivity index (χ4v) is 5.09. The first-order valence-electron chi connectivity index (χ1n) is 12.6. The van der Waals surface area contributed by atoms with Crippen LogP contribution in [0, 0.1) is 11.3 Å². The zero-order valence-electron chi connectivity index (χ0n) is 20.5. The number of nitriles is 1. The number of nitrogens with zero attached hydrogens (tertiary/aromatic N) is 5. The Morgan fingerprint density at radius 2 is 1.39 bits per heavy atom. The third kappa shape index (κ3) is 6.65. The molecule has 5 heteroatoms. The van der Waals surface area contributed by atoms with E-state index < -0.39 is 0 Å². The van der Waals surface area contributed by atoms with Crippen LogP contribution in [0.4, 0.5) is 0 Å². The van der Waals surface area contributed by atoms with Crippen molar-refractivity contribution in [2.45, 2.75) is 32.9 Å². The summed E-state index contributed by atoms with van der Waals surface area (Å²) in [5.41, 5.74) is 5.53. The van der Waals surface area contributed by atoms with E-state index >= 15 is 0 Å². The maximum atomic E-state index is 9.84. The molecular formula is C28H39N5. The van der Waals surface area contributed by atoms with Gasteiger partial charge in [0.15, 0.2) is 0 Å². The summed E-state index contributed by atoms with van der Waals surface area (Å²) in [6.07, 6.45) is 2.45. The topological polar surface area (TPSA) is 36.8 Å². The van der Waals surface area contributed by atoms with Crippen LogP contribution >= 0.6 is 0 Å². The van der Waals surface area contributed by atoms with Gasteiger partial charge < -0.3 is 9.80 Å². The first-order valence-corrected chi connectivity index (χ1v) is 12.6. The van der Waals surface area contributed by atoms with Crippen LogP contribution in [0.25, 0.3) is 11.1 Å². The number of likely N-dealkylation sites (N-methyl/N-ethyl adjacent to an activating group) is 1. The molecule has 2 heterocycles. The summed E-state index contributed by atoms with van der Waals surface area (Å²) in [6.45, 7) is 14.6. The molecule has 5 nitrogen and oxygen atoms in total. The van der Waals surface area contributed by atoms with Crippen molar-refractivity contribution in [1.29, 1.82) is 5.26 Å². The van der Waals surface area contributed by atoms with Crippen LogP contribution < -0.4 is 0 Å². The van der Waals surface area contributed by atoms with Gasteiger partial charge in [-0.3, -0.25) is 9.80 Å². The molecule has 0 aliphatic carbocycles. The molecule has 0 spiro atoms. The predicted molar refractivity (Wildman–Crippen MR) is 136 cm³/mol. The highest BCUT2D eigenvalue weighted by Crippen LogP contribution is 2.26. The highest BCUT2D eigenvalue weighted by molar-refractivity contribution is 5.71. The Morgan fingerprint density at radius 1 is 0.758 bits per heavy atom. The van der Waals surface area contributed by atoms with E-state index in [-0.39, 0.29) is 0 Å². The summed E-state index contributed by atoms with van der Waals surface area (Å²) in [4.78, 5) is 10.0. The largest absolute Gasteiger partial charge is 0.305 e. The molecule has 4 rings (SSSR count). The molecule has 0 amide bonds. The van der Waals surface area contributed by atoms with Crippen molar-refractivity contribution in [1.82, 2.24) is 19.6 Å². The van der Waals surface area contributed by atoms with Gasteiger partial charge in [-0.05, 0) is 67.8 Å². The summed E-state index contributed by atoms with van der Waals surface area (Å²) in [6, 6.07) is 17.7. The van der Waals surface area contributed by atoms with E-state index in [9.17, 15) is 5.26 Å². The third-order valence-corrected chi connectivity index (χ3v) is 7.10. The Morgan fingerprint density at radius 3 is 2.12 bits per heavy atom. The summed E-state index contributed by atoms with van der Waals surface area (Å²) < 4.78 is 0. The minimum Gasteiger partial charge on any atom is -0.305 e. The molecule has 0 atom stereocenters. The number of rotatable bonds is 7. The molecule has 0 saturated carbocycles.